The minimum Gasteiger partial charge on any atom is -0.562 e. The number of carboxylic acids is 1. The van der Waals surface area contributed by atoms with Gasteiger partial charge in [0.25, 0.3) is 0 Å². The first-order valence-electron chi connectivity index (χ1n) is 1.93. The van der Waals surface area contributed by atoms with Gasteiger partial charge in [-0.15, -0.1) is 12.5 Å². The Morgan fingerprint density at radius 2 is 1.89 bits per heavy atom. The normalized spacial score (nSPS) is 8.89. The van der Waals surface area contributed by atoms with E-state index >= 15 is 0 Å². The van der Waals surface area contributed by atoms with E-state index in [4.69, 9.17) is 5.11 Å². The maximum absolute atomic E-state index is 9.83. The van der Waals surface area contributed by atoms with Crippen LogP contribution < -0.4 is 0 Å². The molecular weight excluding hydrogens is 173 g/mol. The Bertz CT molecular complexity index is 109. The zero-order chi connectivity index (χ0) is 5.86. The van der Waals surface area contributed by atoms with E-state index in [-0.39, 0.29) is 30.5 Å². The molecule has 3 N–H and O–H groups in total. The number of carbonyl (C=O) groups is 1. The average molecular weight is 183 g/mol. The molecule has 0 aromatic carbocycles. The first-order chi connectivity index (χ1) is 3.18. The maximum atomic E-state index is 9.83. The Balaban J connectivity index is -0.000000180. The van der Waals surface area contributed by atoms with E-state index in [1.54, 1.807) is 6.92 Å². The van der Waals surface area contributed by atoms with E-state index in [1.165, 1.54) is 6.92 Å². The van der Waals surface area contributed by atoms with Crippen LogP contribution in [0.2, 0.25) is 0 Å². The van der Waals surface area contributed by atoms with Gasteiger partial charge in [-0.05, 0) is 0 Å². The standard InChI is InChI=1S/C5H7O2.H2O.Zn/c1-3-4(2)5(6)7;;/h1-2H3,(H,6,7);1H2;/q-1;;. The van der Waals surface area contributed by atoms with Gasteiger partial charge in [0.2, 0.25) is 0 Å². The van der Waals surface area contributed by atoms with Crippen LogP contribution >= 0.6 is 0 Å². The molecule has 0 spiro atoms. The Kier molecular flexibility index (Phi) is 13.8. The van der Waals surface area contributed by atoms with Crippen molar-refractivity contribution in [3.8, 4) is 0 Å². The molecule has 0 atom stereocenters. The van der Waals surface area contributed by atoms with Gasteiger partial charge in [-0.1, -0.05) is 6.92 Å². The fourth-order valence-corrected chi connectivity index (χ4v) is 0.107. The molecule has 0 aliphatic carbocycles. The molecule has 0 fully saturated rings. The maximum Gasteiger partial charge on any atom is 0.168 e. The monoisotopic (exact) mass is 181 g/mol. The molecule has 0 bridgehead atoms. The molecule has 0 rings (SSSR count). The van der Waals surface area contributed by atoms with Crippen LogP contribution in [0.4, 0.5) is 0 Å². The molecule has 0 unspecified atom stereocenters. The molecule has 3 nitrogen and oxygen atoms in total. The first kappa shape index (κ1) is 15.9. The van der Waals surface area contributed by atoms with Crippen molar-refractivity contribution in [1.29, 1.82) is 0 Å². The Morgan fingerprint density at radius 3 is 1.89 bits per heavy atom. The Hall–Kier alpha value is -0.207. The fourth-order valence-electron chi connectivity index (χ4n) is 0.107. The largest absolute Gasteiger partial charge is 0.562 e. The average Bonchev–Trinajstić information content (AvgIpc) is 1.65. The zero-order valence-electron chi connectivity index (χ0n) is 5.56. The smallest absolute Gasteiger partial charge is 0.168 e. The molecule has 0 saturated heterocycles. The molecule has 0 radical (unpaired) electrons. The van der Waals surface area contributed by atoms with Crippen LogP contribution in [0.3, 0.4) is 0 Å². The van der Waals surface area contributed by atoms with Crippen molar-refractivity contribution in [2.45, 2.75) is 13.8 Å². The van der Waals surface area contributed by atoms with Gasteiger partial charge in [-0.25, -0.2) is 0 Å². The quantitative estimate of drug-likeness (QED) is 0.353. The summed E-state index contributed by atoms with van der Waals surface area (Å²) in [5.74, 6) is -0.900. The second-order valence-electron chi connectivity index (χ2n) is 1.18. The van der Waals surface area contributed by atoms with Gasteiger partial charge in [0.15, 0.2) is 5.97 Å². The minimum absolute atomic E-state index is 0. The van der Waals surface area contributed by atoms with E-state index in [1.807, 2.05) is 0 Å². The summed E-state index contributed by atoms with van der Waals surface area (Å²) in [7, 11) is 0. The molecule has 0 amide bonds. The molecule has 0 heterocycles. The van der Waals surface area contributed by atoms with Crippen LogP contribution in [0.1, 0.15) is 13.8 Å². The summed E-state index contributed by atoms with van der Waals surface area (Å²) in [5, 5.41) is 8.08. The Labute approximate surface area is 66.8 Å². The van der Waals surface area contributed by atoms with E-state index < -0.39 is 5.97 Å². The second kappa shape index (κ2) is 7.79. The molecule has 50 valence electrons. The van der Waals surface area contributed by atoms with Gasteiger partial charge in [-0.3, -0.25) is 6.08 Å². The van der Waals surface area contributed by atoms with Crippen molar-refractivity contribution >= 4 is 5.97 Å². The predicted molar refractivity (Wildman–Crippen MR) is 29.4 cm³/mol. The van der Waals surface area contributed by atoms with Crippen molar-refractivity contribution in [2.75, 3.05) is 0 Å². The summed E-state index contributed by atoms with van der Waals surface area (Å²) < 4.78 is 0. The zero-order valence-corrected chi connectivity index (χ0v) is 8.53. The van der Waals surface area contributed by atoms with Crippen molar-refractivity contribution in [3.63, 3.8) is 0 Å². The van der Waals surface area contributed by atoms with Gasteiger partial charge < -0.3 is 15.4 Å². The van der Waals surface area contributed by atoms with Crippen molar-refractivity contribution in [1.82, 2.24) is 0 Å². The van der Waals surface area contributed by atoms with Crippen LogP contribution in [-0.2, 0) is 24.3 Å². The molecule has 4 heteroatoms. The third kappa shape index (κ3) is 7.79. The summed E-state index contributed by atoms with van der Waals surface area (Å²) in [5.41, 5.74) is 0.264. The molecule has 0 aromatic rings. The summed E-state index contributed by atoms with van der Waals surface area (Å²) in [6.07, 6.45) is 2.48. The van der Waals surface area contributed by atoms with Gasteiger partial charge in [0.1, 0.15) is 0 Å². The van der Waals surface area contributed by atoms with Gasteiger partial charge in [-0.2, -0.15) is 0 Å². The van der Waals surface area contributed by atoms with Gasteiger partial charge in [0, 0.05) is 19.5 Å². The summed E-state index contributed by atoms with van der Waals surface area (Å²) in [6, 6.07) is 0. The van der Waals surface area contributed by atoms with Crippen LogP contribution in [0.15, 0.2) is 5.57 Å². The van der Waals surface area contributed by atoms with E-state index in [2.05, 4.69) is 6.08 Å². The van der Waals surface area contributed by atoms with Crippen molar-refractivity contribution in [3.05, 3.63) is 11.6 Å². The third-order valence-corrected chi connectivity index (χ3v) is 0.696. The number of carboxylic acid groups (broad SMARTS) is 1. The van der Waals surface area contributed by atoms with E-state index in [0.717, 1.165) is 0 Å². The molecule has 0 aromatic heterocycles. The number of hydrogen-bond acceptors (Lipinski definition) is 1. The third-order valence-electron chi connectivity index (χ3n) is 0.696. The van der Waals surface area contributed by atoms with Crippen LogP contribution in [0, 0.1) is 6.08 Å². The van der Waals surface area contributed by atoms with Crippen LogP contribution in [0.25, 0.3) is 0 Å². The predicted octanol–water partition coefficient (Wildman–Crippen LogP) is 0.0132. The fraction of sp³-hybridized carbons (Fsp3) is 0.400. The number of aliphatic carboxylic acids is 1. The second-order valence-corrected chi connectivity index (χ2v) is 1.18. The van der Waals surface area contributed by atoms with E-state index in [9.17, 15) is 4.79 Å². The summed E-state index contributed by atoms with van der Waals surface area (Å²) in [4.78, 5) is 9.83. The van der Waals surface area contributed by atoms with Gasteiger partial charge in [0.05, 0.1) is 0 Å². The van der Waals surface area contributed by atoms with Crippen LogP contribution in [-0.4, -0.2) is 16.6 Å². The van der Waals surface area contributed by atoms with E-state index in [0.29, 0.717) is 0 Å². The molecular formula is C5H9O3Zn-. The number of allylic oxidation sites excluding steroid dienone is 1. The minimum atomic E-state index is -0.900. The molecule has 0 aliphatic heterocycles. The molecule has 0 saturated carbocycles. The van der Waals surface area contributed by atoms with Gasteiger partial charge >= 0.3 is 0 Å². The number of rotatable bonds is 1. The summed E-state index contributed by atoms with van der Waals surface area (Å²) >= 11 is 0. The van der Waals surface area contributed by atoms with Crippen molar-refractivity contribution in [2.24, 2.45) is 0 Å². The van der Waals surface area contributed by atoms with Crippen LogP contribution in [0.5, 0.6) is 0 Å². The van der Waals surface area contributed by atoms with Crippen molar-refractivity contribution < 1.29 is 34.9 Å². The Morgan fingerprint density at radius 1 is 1.56 bits per heavy atom. The summed E-state index contributed by atoms with van der Waals surface area (Å²) in [6.45, 7) is 3.08. The topological polar surface area (TPSA) is 68.8 Å². The molecule has 0 aliphatic rings. The molecule has 9 heavy (non-hydrogen) atoms. The first-order valence-corrected chi connectivity index (χ1v) is 1.93. The SMILES string of the molecule is C[C-]=C(C)C(=O)O.O.[Zn]. The number of hydrogen-bond donors (Lipinski definition) is 1.